The Kier molecular flexibility index (Phi) is 3.84. The molecular weight excluding hydrogens is 280 g/mol. The van der Waals surface area contributed by atoms with Crippen LogP contribution in [-0.2, 0) is 6.42 Å². The minimum atomic E-state index is 0.888. The van der Waals surface area contributed by atoms with Crippen LogP contribution in [0.5, 0.6) is 11.5 Å². The van der Waals surface area contributed by atoms with E-state index in [1.165, 1.54) is 26.1 Å². The number of aryl methyl sites for hydroxylation is 1. The van der Waals surface area contributed by atoms with Gasteiger partial charge in [-0.2, -0.15) is 0 Å². The van der Waals surface area contributed by atoms with Gasteiger partial charge in [0.15, 0.2) is 0 Å². The Morgan fingerprint density at radius 1 is 0.905 bits per heavy atom. The van der Waals surface area contributed by atoms with Gasteiger partial charge in [0.05, 0.1) is 14.2 Å². The first-order valence-corrected chi connectivity index (χ1v) is 7.82. The summed E-state index contributed by atoms with van der Waals surface area (Å²) < 4.78 is 11.9. The summed E-state index contributed by atoms with van der Waals surface area (Å²) in [5.41, 5.74) is 2.63. The van der Waals surface area contributed by atoms with Crippen molar-refractivity contribution < 1.29 is 9.47 Å². The molecule has 3 heteroatoms. The summed E-state index contributed by atoms with van der Waals surface area (Å²) in [5.74, 6) is 1.80. The molecule has 2 aromatic carbocycles. The van der Waals surface area contributed by atoms with Gasteiger partial charge in [0.1, 0.15) is 11.5 Å². The minimum absolute atomic E-state index is 0.888. The van der Waals surface area contributed by atoms with E-state index in [-0.39, 0.29) is 0 Å². The zero-order chi connectivity index (χ0) is 14.8. The number of benzene rings is 2. The summed E-state index contributed by atoms with van der Waals surface area (Å²) in [6.45, 7) is 2.20. The third kappa shape index (κ3) is 2.49. The molecule has 3 rings (SSSR count). The predicted octanol–water partition coefficient (Wildman–Crippen LogP) is 5.15. The summed E-state index contributed by atoms with van der Waals surface area (Å²) in [4.78, 5) is 1.34. The number of thiophene rings is 1. The summed E-state index contributed by atoms with van der Waals surface area (Å²) in [7, 11) is 3.40. The highest BCUT2D eigenvalue weighted by molar-refractivity contribution is 7.22. The lowest BCUT2D eigenvalue weighted by Gasteiger charge is -2.04. The molecule has 0 bridgehead atoms. The molecule has 0 saturated heterocycles. The second kappa shape index (κ2) is 5.78. The van der Waals surface area contributed by atoms with Crippen LogP contribution in [0.15, 0.2) is 42.5 Å². The van der Waals surface area contributed by atoms with Crippen LogP contribution in [0.3, 0.4) is 0 Å². The van der Waals surface area contributed by atoms with Crippen molar-refractivity contribution in [3.63, 3.8) is 0 Å². The lowest BCUT2D eigenvalue weighted by atomic mass is 10.0. The molecule has 0 radical (unpaired) electrons. The number of ether oxygens (including phenoxy) is 2. The Bertz CT molecular complexity index is 757. The van der Waals surface area contributed by atoms with Gasteiger partial charge in [-0.25, -0.2) is 0 Å². The number of rotatable bonds is 4. The lowest BCUT2D eigenvalue weighted by Crippen LogP contribution is -1.85. The molecule has 1 aromatic heterocycles. The Morgan fingerprint density at radius 2 is 1.57 bits per heavy atom. The van der Waals surface area contributed by atoms with Gasteiger partial charge in [-0.15, -0.1) is 11.3 Å². The largest absolute Gasteiger partial charge is 0.497 e. The smallest absolute Gasteiger partial charge is 0.119 e. The number of hydrogen-bond donors (Lipinski definition) is 0. The Labute approximate surface area is 128 Å². The fourth-order valence-corrected chi connectivity index (χ4v) is 3.86. The average molecular weight is 298 g/mol. The van der Waals surface area contributed by atoms with Crippen LogP contribution in [0.2, 0.25) is 0 Å². The molecule has 0 atom stereocenters. The maximum Gasteiger partial charge on any atom is 0.119 e. The second-order valence-corrected chi connectivity index (χ2v) is 5.91. The zero-order valence-electron chi connectivity index (χ0n) is 12.5. The van der Waals surface area contributed by atoms with Crippen molar-refractivity contribution in [1.82, 2.24) is 0 Å². The van der Waals surface area contributed by atoms with Crippen molar-refractivity contribution in [3.8, 4) is 21.9 Å². The monoisotopic (exact) mass is 298 g/mol. The third-order valence-corrected chi connectivity index (χ3v) is 4.97. The van der Waals surface area contributed by atoms with Crippen LogP contribution in [0.4, 0.5) is 0 Å². The molecule has 0 amide bonds. The molecule has 21 heavy (non-hydrogen) atoms. The van der Waals surface area contributed by atoms with Gasteiger partial charge in [0.2, 0.25) is 0 Å². The molecule has 0 aliphatic rings. The normalized spacial score (nSPS) is 10.8. The first-order valence-electron chi connectivity index (χ1n) is 7.00. The molecule has 1 heterocycles. The van der Waals surface area contributed by atoms with Crippen LogP contribution >= 0.6 is 11.3 Å². The topological polar surface area (TPSA) is 18.5 Å². The SMILES string of the molecule is CCc1c(-c2ccc(OC)cc2)sc2ccc(OC)cc12. The van der Waals surface area contributed by atoms with E-state index in [1.54, 1.807) is 14.2 Å². The molecule has 2 nitrogen and oxygen atoms in total. The Balaban J connectivity index is 2.16. The van der Waals surface area contributed by atoms with E-state index in [9.17, 15) is 0 Å². The van der Waals surface area contributed by atoms with Crippen LogP contribution in [0.25, 0.3) is 20.5 Å². The van der Waals surface area contributed by atoms with Crippen molar-refractivity contribution in [2.75, 3.05) is 14.2 Å². The van der Waals surface area contributed by atoms with E-state index in [2.05, 4.69) is 31.2 Å². The molecule has 108 valence electrons. The molecule has 3 aromatic rings. The second-order valence-electron chi connectivity index (χ2n) is 4.85. The number of fused-ring (bicyclic) bond motifs is 1. The molecule has 0 unspecified atom stereocenters. The summed E-state index contributed by atoms with van der Waals surface area (Å²) in [5, 5.41) is 1.30. The molecule has 0 aliphatic heterocycles. The van der Waals surface area contributed by atoms with Crippen molar-refractivity contribution in [2.24, 2.45) is 0 Å². The van der Waals surface area contributed by atoms with Gasteiger partial charge in [0, 0.05) is 9.58 Å². The van der Waals surface area contributed by atoms with Gasteiger partial charge in [-0.3, -0.25) is 0 Å². The van der Waals surface area contributed by atoms with E-state index in [1.807, 2.05) is 29.5 Å². The standard InChI is InChI=1S/C18H18O2S/c1-4-15-16-11-14(20-3)9-10-17(16)21-18(15)12-5-7-13(19-2)8-6-12/h5-11H,4H2,1-3H3. The number of methoxy groups -OCH3 is 2. The minimum Gasteiger partial charge on any atom is -0.497 e. The fraction of sp³-hybridized carbons (Fsp3) is 0.222. The van der Waals surface area contributed by atoms with Crippen LogP contribution in [0, 0.1) is 0 Å². The van der Waals surface area contributed by atoms with E-state index in [0.717, 1.165) is 17.9 Å². The summed E-state index contributed by atoms with van der Waals surface area (Å²) in [6.07, 6.45) is 1.01. The van der Waals surface area contributed by atoms with E-state index >= 15 is 0 Å². The molecule has 0 fully saturated rings. The molecule has 0 N–H and O–H groups in total. The molecular formula is C18H18O2S. The summed E-state index contributed by atoms with van der Waals surface area (Å²) in [6, 6.07) is 14.6. The third-order valence-electron chi connectivity index (χ3n) is 3.70. The van der Waals surface area contributed by atoms with Crippen molar-refractivity contribution in [2.45, 2.75) is 13.3 Å². The van der Waals surface area contributed by atoms with Crippen molar-refractivity contribution >= 4 is 21.4 Å². The van der Waals surface area contributed by atoms with Crippen LogP contribution in [0.1, 0.15) is 12.5 Å². The lowest BCUT2D eigenvalue weighted by molar-refractivity contribution is 0.415. The van der Waals surface area contributed by atoms with E-state index < -0.39 is 0 Å². The van der Waals surface area contributed by atoms with Gasteiger partial charge in [-0.05, 0) is 65.4 Å². The number of hydrogen-bond acceptors (Lipinski definition) is 3. The maximum absolute atomic E-state index is 5.36. The zero-order valence-corrected chi connectivity index (χ0v) is 13.3. The van der Waals surface area contributed by atoms with Crippen molar-refractivity contribution in [3.05, 3.63) is 48.0 Å². The van der Waals surface area contributed by atoms with E-state index in [4.69, 9.17) is 9.47 Å². The van der Waals surface area contributed by atoms with Crippen LogP contribution < -0.4 is 9.47 Å². The van der Waals surface area contributed by atoms with Gasteiger partial charge in [0.25, 0.3) is 0 Å². The Hall–Kier alpha value is -2.00. The van der Waals surface area contributed by atoms with Crippen LogP contribution in [-0.4, -0.2) is 14.2 Å². The first kappa shape index (κ1) is 14.0. The average Bonchev–Trinajstić information content (AvgIpc) is 2.92. The van der Waals surface area contributed by atoms with Gasteiger partial charge >= 0.3 is 0 Å². The van der Waals surface area contributed by atoms with Crippen molar-refractivity contribution in [1.29, 1.82) is 0 Å². The highest BCUT2D eigenvalue weighted by atomic mass is 32.1. The molecule has 0 spiro atoms. The van der Waals surface area contributed by atoms with Gasteiger partial charge < -0.3 is 9.47 Å². The van der Waals surface area contributed by atoms with Gasteiger partial charge in [-0.1, -0.05) is 6.92 Å². The molecule has 0 aliphatic carbocycles. The highest BCUT2D eigenvalue weighted by Crippen LogP contribution is 2.40. The summed E-state index contributed by atoms with van der Waals surface area (Å²) >= 11 is 1.84. The first-order chi connectivity index (χ1) is 10.3. The highest BCUT2D eigenvalue weighted by Gasteiger charge is 2.13. The fourth-order valence-electron chi connectivity index (χ4n) is 2.58. The predicted molar refractivity (Wildman–Crippen MR) is 89.7 cm³/mol. The van der Waals surface area contributed by atoms with E-state index in [0.29, 0.717) is 0 Å². The molecule has 0 saturated carbocycles. The maximum atomic E-state index is 5.36. The quantitative estimate of drug-likeness (QED) is 0.663. The Morgan fingerprint density at radius 3 is 2.19 bits per heavy atom.